The summed E-state index contributed by atoms with van der Waals surface area (Å²) in [6.45, 7) is 5.10. The van der Waals surface area contributed by atoms with E-state index in [1.54, 1.807) is 39.0 Å². The Morgan fingerprint density at radius 1 is 1.41 bits per heavy atom. The van der Waals surface area contributed by atoms with Crippen LogP contribution in [0, 0.1) is 0 Å². The summed E-state index contributed by atoms with van der Waals surface area (Å²) in [5.41, 5.74) is 6.11. The van der Waals surface area contributed by atoms with Crippen molar-refractivity contribution >= 4 is 27.2 Å². The Hall–Kier alpha value is -2.01. The molecule has 0 aliphatic carbocycles. The molecule has 0 aliphatic rings. The van der Waals surface area contributed by atoms with Crippen LogP contribution in [0.1, 0.15) is 26.3 Å². The minimum absolute atomic E-state index is 0.0793. The Morgan fingerprint density at radius 3 is 2.50 bits per heavy atom. The fourth-order valence-electron chi connectivity index (χ4n) is 1.72. The van der Waals surface area contributed by atoms with Crippen molar-refractivity contribution in [2.24, 2.45) is 0 Å². The highest BCUT2D eigenvalue weighted by Gasteiger charge is 2.24. The van der Waals surface area contributed by atoms with Crippen molar-refractivity contribution in [3.63, 3.8) is 0 Å². The maximum Gasteiger partial charge on any atom is 0.408 e. The molecule has 122 valence electrons. The van der Waals surface area contributed by atoms with Crippen molar-refractivity contribution in [1.29, 1.82) is 0 Å². The third-order valence-electron chi connectivity index (χ3n) is 2.63. The highest BCUT2D eigenvalue weighted by atomic mass is 31.0. The SMILES string of the molecule is CC(C)(C)OC(=O)N[C@H](Cc1ccc(OP)c(N)c1)C(=O)O. The Balaban J connectivity index is 2.78. The summed E-state index contributed by atoms with van der Waals surface area (Å²) in [7, 11) is 2.08. The van der Waals surface area contributed by atoms with Gasteiger partial charge in [0, 0.05) is 6.42 Å². The molecule has 1 unspecified atom stereocenters. The molecular weight excluding hydrogens is 307 g/mol. The van der Waals surface area contributed by atoms with Gasteiger partial charge in [0.2, 0.25) is 0 Å². The number of amides is 1. The minimum atomic E-state index is -1.16. The van der Waals surface area contributed by atoms with Crippen LogP contribution < -0.4 is 15.6 Å². The van der Waals surface area contributed by atoms with Crippen molar-refractivity contribution in [3.8, 4) is 5.75 Å². The zero-order chi connectivity index (χ0) is 16.9. The summed E-state index contributed by atoms with van der Waals surface area (Å²) in [6.07, 6.45) is -0.701. The second-order valence-corrected chi connectivity index (χ2v) is 5.97. The van der Waals surface area contributed by atoms with E-state index in [9.17, 15) is 14.7 Å². The molecular formula is C14H21N2O5P. The largest absolute Gasteiger partial charge is 0.480 e. The third-order valence-corrected chi connectivity index (χ3v) is 2.88. The molecule has 22 heavy (non-hydrogen) atoms. The fourth-order valence-corrected chi connectivity index (χ4v) is 1.93. The quantitative estimate of drug-likeness (QED) is 0.563. The lowest BCUT2D eigenvalue weighted by atomic mass is 10.1. The average Bonchev–Trinajstić information content (AvgIpc) is 2.35. The molecule has 1 aromatic carbocycles. The summed E-state index contributed by atoms with van der Waals surface area (Å²) in [5.74, 6) is -0.684. The summed E-state index contributed by atoms with van der Waals surface area (Å²) in [6, 6.07) is 3.80. The van der Waals surface area contributed by atoms with Crippen molar-refractivity contribution in [1.82, 2.24) is 5.32 Å². The van der Waals surface area contributed by atoms with E-state index in [4.69, 9.17) is 15.0 Å². The van der Waals surface area contributed by atoms with Crippen LogP contribution >= 0.6 is 9.47 Å². The Labute approximate surface area is 131 Å². The molecule has 0 saturated carbocycles. The first kappa shape index (κ1) is 18.0. The number of anilines is 1. The number of nitrogens with two attached hydrogens (primary N) is 1. The summed E-state index contributed by atoms with van der Waals surface area (Å²) in [5, 5.41) is 11.6. The second-order valence-electron chi connectivity index (χ2n) is 5.73. The molecule has 4 N–H and O–H groups in total. The fraction of sp³-hybridized carbons (Fsp3) is 0.429. The van der Waals surface area contributed by atoms with Crippen molar-refractivity contribution in [2.75, 3.05) is 5.73 Å². The highest BCUT2D eigenvalue weighted by Crippen LogP contribution is 2.24. The van der Waals surface area contributed by atoms with Crippen molar-refractivity contribution in [2.45, 2.75) is 38.8 Å². The van der Waals surface area contributed by atoms with Gasteiger partial charge in [0.1, 0.15) is 17.4 Å². The number of hydrogen-bond acceptors (Lipinski definition) is 5. The number of aliphatic carboxylic acids is 1. The van der Waals surface area contributed by atoms with E-state index < -0.39 is 23.7 Å². The third kappa shape index (κ3) is 5.77. The van der Waals surface area contributed by atoms with Gasteiger partial charge in [-0.1, -0.05) is 6.07 Å². The van der Waals surface area contributed by atoms with Gasteiger partial charge in [0.15, 0.2) is 0 Å². The predicted molar refractivity (Wildman–Crippen MR) is 85.7 cm³/mol. The number of benzene rings is 1. The van der Waals surface area contributed by atoms with Gasteiger partial charge in [-0.2, -0.15) is 0 Å². The maximum atomic E-state index is 11.7. The molecule has 1 aromatic rings. The van der Waals surface area contributed by atoms with E-state index in [1.165, 1.54) is 0 Å². The van der Waals surface area contributed by atoms with E-state index in [1.807, 2.05) is 0 Å². The lowest BCUT2D eigenvalue weighted by Crippen LogP contribution is -2.44. The molecule has 0 saturated heterocycles. The molecule has 0 fully saturated rings. The molecule has 7 nitrogen and oxygen atoms in total. The molecule has 0 radical (unpaired) electrons. The first-order chi connectivity index (χ1) is 10.1. The zero-order valence-corrected chi connectivity index (χ0v) is 13.9. The molecule has 0 aliphatic heterocycles. The molecule has 0 aromatic heterocycles. The van der Waals surface area contributed by atoms with Crippen molar-refractivity contribution < 1.29 is 24.0 Å². The number of rotatable bonds is 5. The normalized spacial score (nSPS) is 12.4. The van der Waals surface area contributed by atoms with E-state index >= 15 is 0 Å². The predicted octanol–water partition coefficient (Wildman–Crippen LogP) is 1.96. The van der Waals surface area contributed by atoms with Gasteiger partial charge in [-0.05, 0) is 38.5 Å². The Bertz CT molecular complexity index is 557. The van der Waals surface area contributed by atoms with Crippen LogP contribution in [-0.4, -0.2) is 28.8 Å². The monoisotopic (exact) mass is 328 g/mol. The first-order valence-corrected chi connectivity index (χ1v) is 7.07. The van der Waals surface area contributed by atoms with Gasteiger partial charge >= 0.3 is 12.1 Å². The number of carbonyl (C=O) groups excluding carboxylic acids is 1. The number of hydrogen-bond donors (Lipinski definition) is 3. The standard InChI is InChI=1S/C14H21N2O5P/c1-14(2,3)20-13(19)16-10(12(17)18)7-8-4-5-11(21-22)9(15)6-8/h4-6,10H,7,15,22H2,1-3H3,(H,16,19)(H,17,18)/t10-/m1/s1. The zero-order valence-electron chi connectivity index (χ0n) is 12.8. The molecule has 8 heteroatoms. The van der Waals surface area contributed by atoms with Crippen LogP contribution in [0.2, 0.25) is 0 Å². The van der Waals surface area contributed by atoms with Crippen LogP contribution in [-0.2, 0) is 16.0 Å². The Kier molecular flexibility index (Phi) is 6.00. The average molecular weight is 328 g/mol. The highest BCUT2D eigenvalue weighted by molar-refractivity contribution is 7.10. The molecule has 2 atom stereocenters. The first-order valence-electron chi connectivity index (χ1n) is 6.60. The summed E-state index contributed by atoms with van der Waals surface area (Å²) >= 11 is 0. The van der Waals surface area contributed by atoms with Gasteiger partial charge in [-0.25, -0.2) is 9.59 Å². The van der Waals surface area contributed by atoms with Crippen LogP contribution in [0.4, 0.5) is 10.5 Å². The van der Waals surface area contributed by atoms with Crippen molar-refractivity contribution in [3.05, 3.63) is 23.8 Å². The van der Waals surface area contributed by atoms with E-state index in [0.717, 1.165) is 0 Å². The molecule has 0 bridgehead atoms. The number of nitrogen functional groups attached to an aromatic ring is 1. The van der Waals surface area contributed by atoms with Gasteiger partial charge in [-0.15, -0.1) is 0 Å². The number of alkyl carbamates (subject to hydrolysis) is 1. The molecule has 0 spiro atoms. The number of carbonyl (C=O) groups is 2. The molecule has 1 amide bonds. The lowest BCUT2D eigenvalue weighted by molar-refractivity contribution is -0.139. The van der Waals surface area contributed by atoms with E-state index in [-0.39, 0.29) is 6.42 Å². The summed E-state index contributed by atoms with van der Waals surface area (Å²) < 4.78 is 10.0. The topological polar surface area (TPSA) is 111 Å². The van der Waals surface area contributed by atoms with Gasteiger partial charge in [0.05, 0.1) is 15.2 Å². The number of nitrogens with one attached hydrogen (secondary N) is 1. The van der Waals surface area contributed by atoms with E-state index in [2.05, 4.69) is 14.8 Å². The van der Waals surface area contributed by atoms with Gasteiger partial charge in [0.25, 0.3) is 0 Å². The van der Waals surface area contributed by atoms with Gasteiger partial charge in [-0.3, -0.25) is 0 Å². The lowest BCUT2D eigenvalue weighted by Gasteiger charge is -2.22. The number of carboxylic acids is 1. The van der Waals surface area contributed by atoms with Crippen LogP contribution in [0.25, 0.3) is 0 Å². The minimum Gasteiger partial charge on any atom is -0.480 e. The Morgan fingerprint density at radius 2 is 2.05 bits per heavy atom. The number of carboxylic acid groups (broad SMARTS) is 1. The smallest absolute Gasteiger partial charge is 0.408 e. The van der Waals surface area contributed by atoms with Gasteiger partial charge < -0.3 is 25.4 Å². The van der Waals surface area contributed by atoms with Crippen LogP contribution in [0.5, 0.6) is 5.75 Å². The molecule has 0 heterocycles. The molecule has 1 rings (SSSR count). The van der Waals surface area contributed by atoms with Crippen LogP contribution in [0.3, 0.4) is 0 Å². The van der Waals surface area contributed by atoms with Crippen LogP contribution in [0.15, 0.2) is 18.2 Å². The second kappa shape index (κ2) is 7.31. The summed E-state index contributed by atoms with van der Waals surface area (Å²) in [4.78, 5) is 23.0. The van der Waals surface area contributed by atoms with E-state index in [0.29, 0.717) is 17.0 Å². The number of ether oxygens (including phenoxy) is 1. The maximum absolute atomic E-state index is 11.7.